The third-order valence-corrected chi connectivity index (χ3v) is 3.89. The van der Waals surface area contributed by atoms with Crippen LogP contribution in [0, 0.1) is 10.5 Å². The topological polar surface area (TPSA) is 45.8 Å². The van der Waals surface area contributed by atoms with E-state index in [-0.39, 0.29) is 5.56 Å². The summed E-state index contributed by atoms with van der Waals surface area (Å²) in [6.45, 7) is 1.83. The van der Waals surface area contributed by atoms with E-state index in [1.54, 1.807) is 0 Å². The number of hydrogen-bond donors (Lipinski definition) is 1. The lowest BCUT2D eigenvalue weighted by Crippen LogP contribution is -2.14. The number of aryl methyl sites for hydroxylation is 1. The zero-order chi connectivity index (χ0) is 11.7. The molecule has 0 saturated heterocycles. The third kappa shape index (κ3) is 2.35. The molecule has 0 amide bonds. The van der Waals surface area contributed by atoms with Crippen molar-refractivity contribution >= 4 is 38.5 Å². The second kappa shape index (κ2) is 4.67. The number of aromatic nitrogens is 2. The largest absolute Gasteiger partial charge is 0.306 e. The summed E-state index contributed by atoms with van der Waals surface area (Å²) in [5.74, 6) is 0.601. The number of rotatable bonds is 1. The number of nitrogens with one attached hydrogen (secondary N) is 1. The van der Waals surface area contributed by atoms with Gasteiger partial charge in [-0.3, -0.25) is 4.79 Å². The minimum atomic E-state index is -0.0944. The van der Waals surface area contributed by atoms with E-state index in [0.717, 1.165) is 15.7 Å². The molecule has 0 saturated carbocycles. The summed E-state index contributed by atoms with van der Waals surface area (Å²) in [6.07, 6.45) is 0. The predicted octanol–water partition coefficient (Wildman–Crippen LogP) is 3.11. The van der Waals surface area contributed by atoms with Gasteiger partial charge in [-0.2, -0.15) is 0 Å². The van der Waals surface area contributed by atoms with Gasteiger partial charge in [0.1, 0.15) is 5.82 Å². The zero-order valence-electron chi connectivity index (χ0n) is 8.42. The lowest BCUT2D eigenvalue weighted by molar-refractivity contribution is 1.05. The van der Waals surface area contributed by atoms with Gasteiger partial charge in [0, 0.05) is 10.0 Å². The van der Waals surface area contributed by atoms with E-state index < -0.39 is 0 Å². The van der Waals surface area contributed by atoms with E-state index in [0.29, 0.717) is 9.39 Å². The van der Waals surface area contributed by atoms with Crippen molar-refractivity contribution in [1.29, 1.82) is 0 Å². The Bertz CT molecular complexity index is 595. The Morgan fingerprint density at radius 2 is 2.19 bits per heavy atom. The zero-order valence-corrected chi connectivity index (χ0v) is 12.2. The Kier molecular flexibility index (Phi) is 3.44. The lowest BCUT2D eigenvalue weighted by Gasteiger charge is -2.03. The van der Waals surface area contributed by atoms with Gasteiger partial charge in [-0.15, -0.1) is 0 Å². The van der Waals surface area contributed by atoms with Gasteiger partial charge >= 0.3 is 0 Å². The fourth-order valence-corrected chi connectivity index (χ4v) is 2.00. The normalized spacial score (nSPS) is 10.4. The van der Waals surface area contributed by atoms with E-state index in [9.17, 15) is 4.79 Å². The summed E-state index contributed by atoms with van der Waals surface area (Å²) < 4.78 is 1.60. The Balaban J connectivity index is 2.61. The molecule has 0 radical (unpaired) electrons. The van der Waals surface area contributed by atoms with Crippen molar-refractivity contribution in [3.63, 3.8) is 0 Å². The van der Waals surface area contributed by atoms with E-state index in [1.165, 1.54) is 0 Å². The van der Waals surface area contributed by atoms with Crippen molar-refractivity contribution in [1.82, 2.24) is 9.97 Å². The van der Waals surface area contributed by atoms with Crippen molar-refractivity contribution in [2.75, 3.05) is 0 Å². The number of nitrogens with zero attached hydrogens (tertiary/aromatic N) is 1. The number of benzene rings is 1. The van der Waals surface area contributed by atoms with Gasteiger partial charge in [0.25, 0.3) is 5.56 Å². The minimum absolute atomic E-state index is 0.0944. The van der Waals surface area contributed by atoms with Crippen LogP contribution in [0.5, 0.6) is 0 Å². The van der Waals surface area contributed by atoms with Crippen molar-refractivity contribution in [3.05, 3.63) is 48.4 Å². The van der Waals surface area contributed by atoms with Gasteiger partial charge in [-0.1, -0.05) is 28.1 Å². The molecule has 0 spiro atoms. The van der Waals surface area contributed by atoms with Crippen LogP contribution in [0.3, 0.4) is 0 Å². The smallest absolute Gasteiger partial charge is 0.264 e. The van der Waals surface area contributed by atoms with Crippen LogP contribution in [0.1, 0.15) is 5.69 Å². The number of H-pyrrole nitrogens is 1. The summed E-state index contributed by atoms with van der Waals surface area (Å²) in [7, 11) is 0. The molecule has 1 N–H and O–H groups in total. The first-order valence-corrected chi connectivity index (χ1v) is 6.47. The van der Waals surface area contributed by atoms with E-state index >= 15 is 0 Å². The molecule has 0 aliphatic carbocycles. The highest BCUT2D eigenvalue weighted by Crippen LogP contribution is 2.19. The van der Waals surface area contributed by atoms with Crippen molar-refractivity contribution in [3.8, 4) is 11.4 Å². The molecule has 1 heterocycles. The monoisotopic (exact) mass is 390 g/mol. The lowest BCUT2D eigenvalue weighted by atomic mass is 10.2. The Morgan fingerprint density at radius 3 is 2.81 bits per heavy atom. The highest BCUT2D eigenvalue weighted by Gasteiger charge is 2.06. The van der Waals surface area contributed by atoms with Crippen LogP contribution >= 0.6 is 38.5 Å². The van der Waals surface area contributed by atoms with Gasteiger partial charge in [0.15, 0.2) is 0 Å². The summed E-state index contributed by atoms with van der Waals surface area (Å²) in [4.78, 5) is 18.7. The molecule has 16 heavy (non-hydrogen) atoms. The van der Waals surface area contributed by atoms with Gasteiger partial charge in [0.2, 0.25) is 0 Å². The van der Waals surface area contributed by atoms with Crippen LogP contribution < -0.4 is 5.56 Å². The summed E-state index contributed by atoms with van der Waals surface area (Å²) >= 11 is 5.39. The first-order chi connectivity index (χ1) is 7.58. The van der Waals surface area contributed by atoms with E-state index in [4.69, 9.17) is 0 Å². The van der Waals surface area contributed by atoms with Gasteiger partial charge in [-0.25, -0.2) is 4.98 Å². The number of hydrogen-bond acceptors (Lipinski definition) is 2. The second-order valence-electron chi connectivity index (χ2n) is 3.32. The molecule has 0 atom stereocenters. The Morgan fingerprint density at radius 1 is 1.44 bits per heavy atom. The van der Waals surface area contributed by atoms with Crippen LogP contribution in [0.15, 0.2) is 33.5 Å². The first-order valence-electron chi connectivity index (χ1n) is 4.60. The van der Waals surface area contributed by atoms with Gasteiger partial charge in [-0.05, 0) is 41.6 Å². The van der Waals surface area contributed by atoms with Crippen LogP contribution in [0.4, 0.5) is 0 Å². The van der Waals surface area contributed by atoms with Crippen LogP contribution in [-0.2, 0) is 0 Å². The quantitative estimate of drug-likeness (QED) is 0.760. The van der Waals surface area contributed by atoms with Crippen molar-refractivity contribution < 1.29 is 0 Å². The molecule has 0 bridgehead atoms. The van der Waals surface area contributed by atoms with E-state index in [2.05, 4.69) is 25.9 Å². The maximum absolute atomic E-state index is 11.6. The number of halogens is 2. The van der Waals surface area contributed by atoms with Crippen molar-refractivity contribution in [2.24, 2.45) is 0 Å². The molecule has 1 aromatic heterocycles. The fraction of sp³-hybridized carbons (Fsp3) is 0.0909. The van der Waals surface area contributed by atoms with Crippen LogP contribution in [-0.4, -0.2) is 9.97 Å². The Hall–Kier alpha value is -0.690. The maximum Gasteiger partial charge on any atom is 0.264 e. The molecule has 1 aromatic carbocycles. The average Bonchev–Trinajstić information content (AvgIpc) is 2.25. The molecular weight excluding hydrogens is 383 g/mol. The molecule has 0 aliphatic heterocycles. The van der Waals surface area contributed by atoms with Gasteiger partial charge in [0.05, 0.1) is 9.26 Å². The summed E-state index contributed by atoms with van der Waals surface area (Å²) in [6, 6.07) is 7.67. The van der Waals surface area contributed by atoms with Crippen LogP contribution in [0.25, 0.3) is 11.4 Å². The molecule has 0 unspecified atom stereocenters. The molecule has 82 valence electrons. The average molecular weight is 391 g/mol. The molecule has 5 heteroatoms. The molecule has 0 aliphatic rings. The van der Waals surface area contributed by atoms with Gasteiger partial charge < -0.3 is 4.98 Å². The van der Waals surface area contributed by atoms with Crippen molar-refractivity contribution in [2.45, 2.75) is 6.92 Å². The fourth-order valence-electron chi connectivity index (χ4n) is 1.34. The summed E-state index contributed by atoms with van der Waals surface area (Å²) in [5.41, 5.74) is 1.55. The first kappa shape index (κ1) is 11.8. The SMILES string of the molecule is Cc1nc(-c2cccc(Br)c2)[nH]c(=O)c1I. The molecule has 3 nitrogen and oxygen atoms in total. The number of aromatic amines is 1. The van der Waals surface area contributed by atoms with Crippen LogP contribution in [0.2, 0.25) is 0 Å². The maximum atomic E-state index is 11.6. The summed E-state index contributed by atoms with van der Waals surface area (Å²) in [5, 5.41) is 0. The molecule has 0 fully saturated rings. The second-order valence-corrected chi connectivity index (χ2v) is 5.32. The molecule has 2 aromatic rings. The molecular formula is C11H8BrIN2O. The standard InChI is InChI=1S/C11H8BrIN2O/c1-6-9(13)11(16)15-10(14-6)7-3-2-4-8(12)5-7/h2-5H,1H3,(H,14,15,16). The van der Waals surface area contributed by atoms with E-state index in [1.807, 2.05) is 53.8 Å². The highest BCUT2D eigenvalue weighted by atomic mass is 127. The molecule has 2 rings (SSSR count). The predicted molar refractivity (Wildman–Crippen MR) is 75.4 cm³/mol. The Labute approximate surface area is 115 Å². The highest BCUT2D eigenvalue weighted by molar-refractivity contribution is 14.1. The third-order valence-electron chi connectivity index (χ3n) is 2.13. The minimum Gasteiger partial charge on any atom is -0.306 e.